The number of nitrogens with one attached hydrogen (secondary N) is 2. The van der Waals surface area contributed by atoms with Crippen LogP contribution in [0.2, 0.25) is 0 Å². The summed E-state index contributed by atoms with van der Waals surface area (Å²) in [6, 6.07) is 0. The summed E-state index contributed by atoms with van der Waals surface area (Å²) in [5.74, 6) is 5.90. The van der Waals surface area contributed by atoms with Crippen LogP contribution in [0.15, 0.2) is 34.3 Å². The number of nitrogens with two attached hydrogens (primary N) is 2. The van der Waals surface area contributed by atoms with Crippen molar-refractivity contribution in [2.75, 3.05) is 78.5 Å². The second-order valence-corrected chi connectivity index (χ2v) is 17.4. The summed E-state index contributed by atoms with van der Waals surface area (Å²) in [6.07, 6.45) is 42.7. The van der Waals surface area contributed by atoms with E-state index in [0.717, 1.165) is 102 Å². The van der Waals surface area contributed by atoms with E-state index in [1.807, 2.05) is 0 Å². The molecule has 0 amide bonds. The average molecular weight is 781 g/mol. The normalized spacial score (nSPS) is 21.2. The van der Waals surface area contributed by atoms with Crippen LogP contribution in [0.5, 0.6) is 0 Å². The highest BCUT2D eigenvalue weighted by molar-refractivity contribution is 5.84. The molecule has 3 rings (SSSR count). The van der Waals surface area contributed by atoms with E-state index >= 15 is 0 Å². The van der Waals surface area contributed by atoms with E-state index in [4.69, 9.17) is 21.5 Å². The van der Waals surface area contributed by atoms with Crippen LogP contribution in [-0.4, -0.2) is 100 Å². The highest BCUT2D eigenvalue weighted by Crippen LogP contribution is 2.44. The summed E-state index contributed by atoms with van der Waals surface area (Å²) < 4.78 is 0. The molecular formula is C48H92N8. The van der Waals surface area contributed by atoms with Crippen LogP contribution in [0.3, 0.4) is 0 Å². The van der Waals surface area contributed by atoms with Crippen LogP contribution < -0.4 is 22.1 Å². The third kappa shape index (κ3) is 20.8. The molecule has 2 heterocycles. The molecule has 0 spiro atoms. The summed E-state index contributed by atoms with van der Waals surface area (Å²) in [6.45, 7) is 16.2. The van der Waals surface area contributed by atoms with Gasteiger partial charge in [-0.05, 0) is 75.0 Å². The number of hydrogen-bond acceptors (Lipinski definition) is 8. The summed E-state index contributed by atoms with van der Waals surface area (Å²) in [7, 11) is 0. The highest BCUT2D eigenvalue weighted by atomic mass is 15.2. The second-order valence-electron chi connectivity index (χ2n) is 17.4. The van der Waals surface area contributed by atoms with E-state index < -0.39 is 0 Å². The number of allylic oxidation sites excluding steroid dienone is 4. The van der Waals surface area contributed by atoms with Gasteiger partial charge in [0.25, 0.3) is 0 Å². The zero-order valence-electron chi connectivity index (χ0n) is 37.0. The zero-order chi connectivity index (χ0) is 39.7. The topological polar surface area (TPSA) is 107 Å². The van der Waals surface area contributed by atoms with Crippen molar-refractivity contribution in [3.63, 3.8) is 0 Å². The Bertz CT molecular complexity index is 1060. The Labute approximate surface area is 347 Å². The predicted octanol–water partition coefficient (Wildman–Crippen LogP) is 9.50. The molecule has 324 valence electrons. The van der Waals surface area contributed by atoms with Crippen molar-refractivity contribution in [3.8, 4) is 0 Å². The molecule has 0 aromatic carbocycles. The Hall–Kier alpha value is -1.74. The number of unbranched alkanes of at least 4 members (excludes halogenated alkanes) is 14. The standard InChI is InChI=1S/C48H92N8/c1-3-5-7-9-13-19-25-45-43(23-17-8-6-4-2)29-30-44(24-18-12-10-15-21-27-47-53-37-41-55(47)39-35-51-33-31-49)46(45)26-20-14-11-16-22-28-48-54-38-42-56(48)40-36-52-34-32-50/h13,19,29-30,43-46,51-52H,3-12,14-18,20-28,31-42,49-50H2,1-2H3/b19-13+. The maximum Gasteiger partial charge on any atom is 0.0990 e. The van der Waals surface area contributed by atoms with Gasteiger partial charge in [-0.3, -0.25) is 9.98 Å². The lowest BCUT2D eigenvalue weighted by Crippen LogP contribution is -2.36. The van der Waals surface area contributed by atoms with E-state index in [1.54, 1.807) is 0 Å². The number of rotatable bonds is 37. The lowest BCUT2D eigenvalue weighted by molar-refractivity contribution is 0.159. The largest absolute Gasteiger partial charge is 0.357 e. The SMILES string of the molecule is CCCCC/C=C/CC1C(CCCCCC)C=CC(CCCCCCCC2=NCCN2CCNCCN)C1CCCCCCCC1=NCCN1CCNCCN. The molecule has 0 aromatic rings. The van der Waals surface area contributed by atoms with Gasteiger partial charge in [-0.15, -0.1) is 0 Å². The third-order valence-electron chi connectivity index (χ3n) is 12.9. The lowest BCUT2D eigenvalue weighted by Gasteiger charge is -2.40. The molecule has 0 saturated heterocycles. The third-order valence-corrected chi connectivity index (χ3v) is 12.9. The minimum atomic E-state index is 0.710. The van der Waals surface area contributed by atoms with Crippen LogP contribution in [0.25, 0.3) is 0 Å². The fraction of sp³-hybridized carbons (Fsp3) is 0.875. The summed E-state index contributed by atoms with van der Waals surface area (Å²) in [4.78, 5) is 14.7. The van der Waals surface area contributed by atoms with Crippen LogP contribution >= 0.6 is 0 Å². The van der Waals surface area contributed by atoms with Crippen LogP contribution in [0.4, 0.5) is 0 Å². The Morgan fingerprint density at radius 1 is 0.571 bits per heavy atom. The molecule has 0 saturated carbocycles. The molecule has 0 radical (unpaired) electrons. The fourth-order valence-corrected chi connectivity index (χ4v) is 9.58. The monoisotopic (exact) mass is 781 g/mol. The Balaban J connectivity index is 1.47. The molecule has 4 atom stereocenters. The van der Waals surface area contributed by atoms with Gasteiger partial charge in [0.05, 0.1) is 24.8 Å². The first-order valence-corrected chi connectivity index (χ1v) is 24.4. The van der Waals surface area contributed by atoms with Gasteiger partial charge in [-0.25, -0.2) is 0 Å². The Morgan fingerprint density at radius 2 is 1.05 bits per heavy atom. The number of aliphatic imine (C=N–C) groups is 2. The molecule has 0 bridgehead atoms. The van der Waals surface area contributed by atoms with Crippen molar-refractivity contribution >= 4 is 11.7 Å². The fourth-order valence-electron chi connectivity index (χ4n) is 9.58. The Morgan fingerprint density at radius 3 is 1.61 bits per heavy atom. The van der Waals surface area contributed by atoms with Gasteiger partial charge in [0.15, 0.2) is 0 Å². The van der Waals surface area contributed by atoms with Crippen molar-refractivity contribution in [2.24, 2.45) is 45.1 Å². The molecule has 56 heavy (non-hydrogen) atoms. The van der Waals surface area contributed by atoms with Crippen molar-refractivity contribution in [2.45, 2.75) is 168 Å². The first kappa shape index (κ1) is 48.6. The number of nitrogens with zero attached hydrogens (tertiary/aromatic N) is 4. The molecule has 1 aliphatic carbocycles. The van der Waals surface area contributed by atoms with Crippen LogP contribution in [-0.2, 0) is 0 Å². The smallest absolute Gasteiger partial charge is 0.0990 e. The highest BCUT2D eigenvalue weighted by Gasteiger charge is 2.34. The Kier molecular flexibility index (Phi) is 28.8. The molecular weight excluding hydrogens is 689 g/mol. The molecule has 3 aliphatic rings. The summed E-state index contributed by atoms with van der Waals surface area (Å²) in [5, 5.41) is 6.89. The lowest BCUT2D eigenvalue weighted by atomic mass is 9.65. The zero-order valence-corrected chi connectivity index (χ0v) is 37.0. The van der Waals surface area contributed by atoms with E-state index in [1.165, 1.54) is 153 Å². The number of amidine groups is 2. The van der Waals surface area contributed by atoms with Crippen molar-refractivity contribution in [1.29, 1.82) is 0 Å². The van der Waals surface area contributed by atoms with E-state index in [-0.39, 0.29) is 0 Å². The van der Waals surface area contributed by atoms with Crippen molar-refractivity contribution in [3.05, 3.63) is 24.3 Å². The molecule has 8 nitrogen and oxygen atoms in total. The molecule has 8 heteroatoms. The van der Waals surface area contributed by atoms with E-state index in [2.05, 4.69) is 58.6 Å². The number of hydrogen-bond donors (Lipinski definition) is 4. The molecule has 6 N–H and O–H groups in total. The van der Waals surface area contributed by atoms with Gasteiger partial charge in [-0.2, -0.15) is 0 Å². The van der Waals surface area contributed by atoms with Gasteiger partial charge in [0, 0.05) is 78.3 Å². The van der Waals surface area contributed by atoms with Crippen LogP contribution in [0.1, 0.15) is 168 Å². The quantitative estimate of drug-likeness (QED) is 0.0370. The van der Waals surface area contributed by atoms with Crippen molar-refractivity contribution in [1.82, 2.24) is 20.4 Å². The first-order valence-electron chi connectivity index (χ1n) is 24.4. The van der Waals surface area contributed by atoms with Crippen molar-refractivity contribution < 1.29 is 0 Å². The second kappa shape index (κ2) is 33.1. The van der Waals surface area contributed by atoms with E-state index in [0.29, 0.717) is 13.1 Å². The molecule has 0 fully saturated rings. The first-order chi connectivity index (χ1) is 27.7. The minimum absolute atomic E-state index is 0.710. The van der Waals surface area contributed by atoms with Gasteiger partial charge in [-0.1, -0.05) is 128 Å². The van der Waals surface area contributed by atoms with Crippen LogP contribution in [0, 0.1) is 23.7 Å². The minimum Gasteiger partial charge on any atom is -0.357 e. The summed E-state index contributed by atoms with van der Waals surface area (Å²) >= 11 is 0. The average Bonchev–Trinajstić information content (AvgIpc) is 3.87. The molecule has 0 aromatic heterocycles. The van der Waals surface area contributed by atoms with Gasteiger partial charge < -0.3 is 31.9 Å². The van der Waals surface area contributed by atoms with Gasteiger partial charge >= 0.3 is 0 Å². The maximum atomic E-state index is 5.65. The summed E-state index contributed by atoms with van der Waals surface area (Å²) in [5.41, 5.74) is 11.3. The van der Waals surface area contributed by atoms with Gasteiger partial charge in [0.2, 0.25) is 0 Å². The van der Waals surface area contributed by atoms with Gasteiger partial charge in [0.1, 0.15) is 0 Å². The maximum absolute atomic E-state index is 5.65. The molecule has 4 unspecified atom stereocenters. The molecule has 2 aliphatic heterocycles. The van der Waals surface area contributed by atoms with E-state index in [9.17, 15) is 0 Å². The predicted molar refractivity (Wildman–Crippen MR) is 246 cm³/mol.